The molecule has 0 amide bonds. The highest BCUT2D eigenvalue weighted by molar-refractivity contribution is 7.18. The molecule has 7 nitrogen and oxygen atoms in total. The monoisotopic (exact) mass is 374 g/mol. The predicted molar refractivity (Wildman–Crippen MR) is 97.0 cm³/mol. The number of aromatic nitrogens is 2. The van der Waals surface area contributed by atoms with E-state index in [-0.39, 0.29) is 17.9 Å². The minimum absolute atomic E-state index is 0.0370. The Kier molecular flexibility index (Phi) is 4.07. The van der Waals surface area contributed by atoms with Gasteiger partial charge in [0, 0.05) is 4.88 Å². The molecule has 1 unspecified atom stereocenters. The van der Waals surface area contributed by atoms with E-state index in [4.69, 9.17) is 4.42 Å². The van der Waals surface area contributed by atoms with Crippen molar-refractivity contribution in [3.05, 3.63) is 54.9 Å². The zero-order valence-electron chi connectivity index (χ0n) is 14.5. The number of aryl methyl sites for hydroxylation is 1. The molecule has 3 aromatic rings. The zero-order chi connectivity index (χ0) is 18.4. The third-order valence-electron chi connectivity index (χ3n) is 4.80. The molecule has 0 saturated heterocycles. The number of furan rings is 1. The number of thiophene rings is 1. The van der Waals surface area contributed by atoms with Crippen LogP contribution in [0.3, 0.4) is 0 Å². The molecule has 3 heterocycles. The number of carbonyl (C=O) groups excluding carboxylic acids is 1. The van der Waals surface area contributed by atoms with Crippen LogP contribution in [0.5, 0.6) is 0 Å². The van der Waals surface area contributed by atoms with Gasteiger partial charge in [-0.15, -0.1) is 11.3 Å². The topological polar surface area (TPSA) is 94.3 Å². The van der Waals surface area contributed by atoms with E-state index in [9.17, 15) is 14.4 Å². The molecule has 0 aromatic carbocycles. The third-order valence-corrected chi connectivity index (χ3v) is 5.97. The van der Waals surface area contributed by atoms with Gasteiger partial charge in [0.2, 0.25) is 5.76 Å². The van der Waals surface area contributed by atoms with E-state index in [1.807, 2.05) is 0 Å². The Morgan fingerprint density at radius 3 is 3.00 bits per heavy atom. The first-order chi connectivity index (χ1) is 12.5. The maximum atomic E-state index is 13.0. The van der Waals surface area contributed by atoms with E-state index in [2.05, 4.69) is 16.6 Å². The van der Waals surface area contributed by atoms with Gasteiger partial charge in [-0.3, -0.25) is 14.3 Å². The quantitative estimate of drug-likeness (QED) is 0.710. The minimum Gasteiger partial charge on any atom is -0.463 e. The van der Waals surface area contributed by atoms with E-state index in [0.29, 0.717) is 21.9 Å². The maximum Gasteiger partial charge on any atom is 0.373 e. The molecule has 0 spiro atoms. The van der Waals surface area contributed by atoms with E-state index in [1.165, 1.54) is 29.4 Å². The largest absolute Gasteiger partial charge is 0.463 e. The molecule has 0 radical (unpaired) electrons. The Hall–Kier alpha value is -2.61. The third kappa shape index (κ3) is 2.70. The average Bonchev–Trinajstić information content (AvgIpc) is 3.21. The van der Waals surface area contributed by atoms with Crippen LogP contribution in [0.15, 0.2) is 26.1 Å². The molecular formula is C18H18N2O5S. The number of carbonyl (C=O) groups is 1. The van der Waals surface area contributed by atoms with Gasteiger partial charge in [-0.25, -0.2) is 9.59 Å². The number of fused-ring (bicyclic) bond motifs is 3. The highest BCUT2D eigenvalue weighted by atomic mass is 32.1. The van der Waals surface area contributed by atoms with Gasteiger partial charge in [0.1, 0.15) is 10.6 Å². The van der Waals surface area contributed by atoms with E-state index < -0.39 is 11.7 Å². The van der Waals surface area contributed by atoms with Gasteiger partial charge in [-0.1, -0.05) is 6.92 Å². The Labute approximate surface area is 152 Å². The molecule has 4 rings (SSSR count). The summed E-state index contributed by atoms with van der Waals surface area (Å²) in [4.78, 5) is 41.5. The predicted octanol–water partition coefficient (Wildman–Crippen LogP) is 2.30. The first-order valence-corrected chi connectivity index (χ1v) is 9.24. The van der Waals surface area contributed by atoms with Crippen molar-refractivity contribution in [2.45, 2.75) is 32.7 Å². The average molecular weight is 374 g/mol. The second-order valence-corrected chi connectivity index (χ2v) is 7.74. The van der Waals surface area contributed by atoms with Gasteiger partial charge in [-0.05, 0) is 42.9 Å². The number of esters is 1. The first kappa shape index (κ1) is 16.8. The van der Waals surface area contributed by atoms with Crippen LogP contribution in [0.2, 0.25) is 0 Å². The molecule has 8 heteroatoms. The van der Waals surface area contributed by atoms with Gasteiger partial charge in [-0.2, -0.15) is 0 Å². The Balaban J connectivity index is 1.78. The number of nitrogens with zero attached hydrogens (tertiary/aromatic N) is 1. The minimum atomic E-state index is -0.603. The molecule has 1 N–H and O–H groups in total. The van der Waals surface area contributed by atoms with Gasteiger partial charge < -0.3 is 9.15 Å². The molecule has 3 aromatic heterocycles. The summed E-state index contributed by atoms with van der Waals surface area (Å²) in [5, 5.41) is 0.608. The lowest BCUT2D eigenvalue weighted by molar-refractivity contribution is 0.0563. The summed E-state index contributed by atoms with van der Waals surface area (Å²) in [7, 11) is 1.26. The zero-order valence-corrected chi connectivity index (χ0v) is 15.3. The summed E-state index contributed by atoms with van der Waals surface area (Å²) in [5.41, 5.74) is 0.268. The highest BCUT2D eigenvalue weighted by Crippen LogP contribution is 2.35. The number of nitrogens with one attached hydrogen (secondary N) is 1. The van der Waals surface area contributed by atoms with Crippen molar-refractivity contribution < 1.29 is 13.9 Å². The van der Waals surface area contributed by atoms with Crippen molar-refractivity contribution in [2.24, 2.45) is 5.92 Å². The smallest absolute Gasteiger partial charge is 0.373 e. The van der Waals surface area contributed by atoms with Crippen molar-refractivity contribution in [3.8, 4) is 0 Å². The van der Waals surface area contributed by atoms with Crippen molar-refractivity contribution in [1.82, 2.24) is 9.55 Å². The summed E-state index contributed by atoms with van der Waals surface area (Å²) in [6.45, 7) is 2.16. The standard InChI is InChI=1S/C18H18N2O5S/c1-9-3-5-11-13(7-9)26-15-14(11)16(21)20(18(23)19-15)8-10-4-6-12(25-10)17(22)24-2/h4,6,9H,3,5,7-8H2,1-2H3,(H,19,23). The van der Waals surface area contributed by atoms with Gasteiger partial charge in [0.15, 0.2) is 0 Å². The van der Waals surface area contributed by atoms with Crippen molar-refractivity contribution >= 4 is 27.5 Å². The molecule has 1 atom stereocenters. The number of hydrogen-bond acceptors (Lipinski definition) is 6. The van der Waals surface area contributed by atoms with Crippen LogP contribution in [0.1, 0.15) is 40.1 Å². The molecule has 1 aliphatic carbocycles. The highest BCUT2D eigenvalue weighted by Gasteiger charge is 2.24. The van der Waals surface area contributed by atoms with Crippen LogP contribution < -0.4 is 11.2 Å². The number of hydrogen-bond donors (Lipinski definition) is 1. The van der Waals surface area contributed by atoms with Crippen LogP contribution in [-0.4, -0.2) is 22.6 Å². The van der Waals surface area contributed by atoms with Crippen LogP contribution in [-0.2, 0) is 24.1 Å². The fourth-order valence-corrected chi connectivity index (χ4v) is 4.82. The van der Waals surface area contributed by atoms with Crippen LogP contribution in [0.4, 0.5) is 0 Å². The summed E-state index contributed by atoms with van der Waals surface area (Å²) >= 11 is 1.50. The van der Waals surface area contributed by atoms with Crippen molar-refractivity contribution in [1.29, 1.82) is 0 Å². The molecule has 0 saturated carbocycles. The van der Waals surface area contributed by atoms with E-state index >= 15 is 0 Å². The van der Waals surface area contributed by atoms with E-state index in [1.54, 1.807) is 6.07 Å². The maximum absolute atomic E-state index is 13.0. The molecule has 0 bridgehead atoms. The molecule has 0 aliphatic heterocycles. The van der Waals surface area contributed by atoms with Crippen LogP contribution in [0.25, 0.3) is 10.2 Å². The van der Waals surface area contributed by atoms with Gasteiger partial charge in [0.25, 0.3) is 5.56 Å². The van der Waals surface area contributed by atoms with Gasteiger partial charge in [0.05, 0.1) is 19.0 Å². The second-order valence-electron chi connectivity index (χ2n) is 6.63. The Bertz CT molecular complexity index is 1120. The Morgan fingerprint density at radius 2 is 2.23 bits per heavy atom. The molecule has 26 heavy (non-hydrogen) atoms. The lowest BCUT2D eigenvalue weighted by Gasteiger charge is -2.17. The van der Waals surface area contributed by atoms with Crippen molar-refractivity contribution in [3.63, 3.8) is 0 Å². The summed E-state index contributed by atoms with van der Waals surface area (Å²) in [6.07, 6.45) is 2.83. The SMILES string of the molecule is COC(=O)c1ccc(Cn2c(=O)[nH]c3sc4c(c3c2=O)CCC(C)C4)o1. The number of rotatable bonds is 3. The van der Waals surface area contributed by atoms with E-state index in [0.717, 1.165) is 29.4 Å². The fraction of sp³-hybridized carbons (Fsp3) is 0.389. The van der Waals surface area contributed by atoms with Crippen LogP contribution in [0, 0.1) is 5.92 Å². The molecular weight excluding hydrogens is 356 g/mol. The number of ether oxygens (including phenoxy) is 1. The fourth-order valence-electron chi connectivity index (χ4n) is 3.43. The lowest BCUT2D eigenvalue weighted by Crippen LogP contribution is -2.35. The first-order valence-electron chi connectivity index (χ1n) is 8.42. The van der Waals surface area contributed by atoms with Crippen molar-refractivity contribution in [2.75, 3.05) is 7.11 Å². The summed E-state index contributed by atoms with van der Waals surface area (Å²) in [5.74, 6) is 0.364. The Morgan fingerprint density at radius 1 is 1.42 bits per heavy atom. The van der Waals surface area contributed by atoms with Gasteiger partial charge >= 0.3 is 11.7 Å². The summed E-state index contributed by atoms with van der Waals surface area (Å²) in [6, 6.07) is 3.03. The number of methoxy groups -OCH3 is 1. The molecule has 1 aliphatic rings. The second kappa shape index (κ2) is 6.28. The number of aromatic amines is 1. The summed E-state index contributed by atoms with van der Waals surface area (Å²) < 4.78 is 11.1. The number of H-pyrrole nitrogens is 1. The normalized spacial score (nSPS) is 16.6. The van der Waals surface area contributed by atoms with Crippen LogP contribution >= 0.6 is 11.3 Å². The molecule has 136 valence electrons. The molecule has 0 fully saturated rings. The lowest BCUT2D eigenvalue weighted by atomic mass is 9.89.